The third-order valence-corrected chi connectivity index (χ3v) is 6.74. The number of amides is 2. The van der Waals surface area contributed by atoms with Gasteiger partial charge in [-0.25, -0.2) is 0 Å². The lowest BCUT2D eigenvalue weighted by Crippen LogP contribution is -2.53. The molecule has 2 aromatic carbocycles. The summed E-state index contributed by atoms with van der Waals surface area (Å²) in [7, 11) is 0. The minimum atomic E-state index is -0.683. The molecular weight excluding hydrogens is 412 g/mol. The monoisotopic (exact) mass is 438 g/mol. The van der Waals surface area contributed by atoms with Crippen LogP contribution in [0.1, 0.15) is 17.5 Å². The number of rotatable bonds is 8. The van der Waals surface area contributed by atoms with Gasteiger partial charge >= 0.3 is 0 Å². The smallest absolute Gasteiger partial charge is 0.246 e. The Bertz CT molecular complexity index is 922. The quantitative estimate of drug-likeness (QED) is 0.684. The topological polar surface area (TPSA) is 75.7 Å². The highest BCUT2D eigenvalue weighted by molar-refractivity contribution is 7.98. The van der Waals surface area contributed by atoms with Gasteiger partial charge in [0.2, 0.25) is 11.8 Å². The maximum atomic E-state index is 13.4. The number of nitrogens with one attached hydrogen (secondary N) is 1. The molecule has 2 fully saturated rings. The highest BCUT2D eigenvalue weighted by Crippen LogP contribution is 2.28. The van der Waals surface area contributed by atoms with Crippen LogP contribution in [0.3, 0.4) is 0 Å². The lowest BCUT2D eigenvalue weighted by Gasteiger charge is -2.27. The van der Waals surface area contributed by atoms with Crippen LogP contribution >= 0.6 is 11.8 Å². The van der Waals surface area contributed by atoms with E-state index in [1.807, 2.05) is 60.7 Å². The number of carbonyl (C=O) groups excluding carboxylic acids is 3. The van der Waals surface area contributed by atoms with Crippen molar-refractivity contribution in [3.63, 3.8) is 0 Å². The average molecular weight is 439 g/mol. The molecule has 6 nitrogen and oxygen atoms in total. The molecule has 0 saturated carbocycles. The van der Waals surface area contributed by atoms with Crippen LogP contribution in [0.4, 0.5) is 0 Å². The van der Waals surface area contributed by atoms with Crippen molar-refractivity contribution in [1.82, 2.24) is 10.2 Å². The van der Waals surface area contributed by atoms with Crippen molar-refractivity contribution < 1.29 is 19.1 Å². The molecule has 0 spiro atoms. The average Bonchev–Trinajstić information content (AvgIpc) is 3.37. The summed E-state index contributed by atoms with van der Waals surface area (Å²) in [4.78, 5) is 39.9. The number of carbonyl (C=O) groups is 3. The van der Waals surface area contributed by atoms with Crippen LogP contribution in [0.15, 0.2) is 60.7 Å². The molecule has 0 radical (unpaired) electrons. The van der Waals surface area contributed by atoms with Crippen LogP contribution in [-0.4, -0.2) is 59.6 Å². The van der Waals surface area contributed by atoms with Crippen LogP contribution in [0.5, 0.6) is 0 Å². The summed E-state index contributed by atoms with van der Waals surface area (Å²) >= 11 is 1.60. The van der Waals surface area contributed by atoms with Crippen molar-refractivity contribution in [2.45, 2.75) is 36.8 Å². The molecule has 0 bridgehead atoms. The molecule has 4 rings (SSSR count). The lowest BCUT2D eigenvalue weighted by atomic mass is 10.1. The van der Waals surface area contributed by atoms with E-state index in [1.54, 1.807) is 16.7 Å². The zero-order chi connectivity index (χ0) is 21.6. The van der Waals surface area contributed by atoms with Crippen LogP contribution < -0.4 is 5.32 Å². The highest BCUT2D eigenvalue weighted by Gasteiger charge is 2.47. The van der Waals surface area contributed by atoms with Gasteiger partial charge in [-0.1, -0.05) is 60.7 Å². The second-order valence-electron chi connectivity index (χ2n) is 7.86. The number of thioether (sulfide) groups is 1. The van der Waals surface area contributed by atoms with E-state index in [9.17, 15) is 14.4 Å². The predicted octanol–water partition coefficient (Wildman–Crippen LogP) is 2.22. The Kier molecular flexibility index (Phi) is 7.04. The molecule has 3 unspecified atom stereocenters. The number of likely N-dealkylation sites (tertiary alicyclic amines) is 1. The molecule has 3 atom stereocenters. The predicted molar refractivity (Wildman–Crippen MR) is 120 cm³/mol. The minimum Gasteiger partial charge on any atom is -0.368 e. The Morgan fingerprint density at radius 2 is 1.74 bits per heavy atom. The Hall–Kier alpha value is -2.64. The Labute approximate surface area is 186 Å². The van der Waals surface area contributed by atoms with E-state index in [-0.39, 0.29) is 36.7 Å². The summed E-state index contributed by atoms with van der Waals surface area (Å²) in [6, 6.07) is 18.3. The summed E-state index contributed by atoms with van der Waals surface area (Å²) in [5, 5.41) is 2.92. The van der Waals surface area contributed by atoms with Crippen LogP contribution in [-0.2, 0) is 31.3 Å². The summed E-state index contributed by atoms with van der Waals surface area (Å²) in [5.41, 5.74) is 2.05. The van der Waals surface area contributed by atoms with Crippen LogP contribution in [0, 0.1) is 0 Å². The molecule has 2 aliphatic rings. The maximum absolute atomic E-state index is 13.4. The van der Waals surface area contributed by atoms with Gasteiger partial charge in [0.1, 0.15) is 18.7 Å². The lowest BCUT2D eigenvalue weighted by molar-refractivity contribution is -0.139. The molecule has 2 amide bonds. The largest absolute Gasteiger partial charge is 0.368 e. The van der Waals surface area contributed by atoms with Crippen LogP contribution in [0.2, 0.25) is 0 Å². The highest BCUT2D eigenvalue weighted by atomic mass is 32.2. The summed E-state index contributed by atoms with van der Waals surface area (Å²) in [6.07, 6.45) is 0.653. The molecule has 162 valence electrons. The minimum absolute atomic E-state index is 0.0536. The van der Waals surface area contributed by atoms with Crippen molar-refractivity contribution >= 4 is 29.4 Å². The van der Waals surface area contributed by atoms with E-state index in [4.69, 9.17) is 4.74 Å². The van der Waals surface area contributed by atoms with Crippen molar-refractivity contribution in [3.8, 4) is 0 Å². The van der Waals surface area contributed by atoms with E-state index in [1.165, 1.54) is 0 Å². The number of nitrogens with zero attached hydrogens (tertiary/aromatic N) is 1. The number of Topliss-reactive ketones (excluding diaryl/α,β-unsaturated/α-hetero) is 1. The molecule has 2 heterocycles. The molecule has 0 aliphatic carbocycles. The summed E-state index contributed by atoms with van der Waals surface area (Å²) < 4.78 is 5.51. The third-order valence-electron chi connectivity index (χ3n) is 5.63. The number of ether oxygens (including phenoxy) is 1. The SMILES string of the molecule is O=C(Cc1ccccc1)NC(CSCc1ccccc1)C(=O)N1CCC2OCC(=O)C21. The van der Waals surface area contributed by atoms with Gasteiger partial charge < -0.3 is 15.0 Å². The Balaban J connectivity index is 1.42. The molecular formula is C24H26N2O4S. The van der Waals surface area contributed by atoms with Gasteiger partial charge in [-0.3, -0.25) is 14.4 Å². The van der Waals surface area contributed by atoms with E-state index in [2.05, 4.69) is 5.32 Å². The molecule has 31 heavy (non-hydrogen) atoms. The van der Waals surface area contributed by atoms with Gasteiger partial charge in [0.15, 0.2) is 5.78 Å². The molecule has 0 aromatic heterocycles. The van der Waals surface area contributed by atoms with E-state index >= 15 is 0 Å². The second kappa shape index (κ2) is 10.1. The molecule has 2 aliphatic heterocycles. The fourth-order valence-electron chi connectivity index (χ4n) is 4.11. The van der Waals surface area contributed by atoms with Crippen molar-refractivity contribution in [2.24, 2.45) is 0 Å². The number of ketones is 1. The Morgan fingerprint density at radius 1 is 1.06 bits per heavy atom. The first-order valence-corrected chi connectivity index (χ1v) is 11.7. The zero-order valence-electron chi connectivity index (χ0n) is 17.2. The number of benzene rings is 2. The fraction of sp³-hybridized carbons (Fsp3) is 0.375. The second-order valence-corrected chi connectivity index (χ2v) is 8.89. The number of fused-ring (bicyclic) bond motifs is 1. The maximum Gasteiger partial charge on any atom is 0.246 e. The first kappa shape index (κ1) is 21.6. The fourth-order valence-corrected chi connectivity index (χ4v) is 5.12. The number of hydrogen-bond acceptors (Lipinski definition) is 5. The van der Waals surface area contributed by atoms with Crippen molar-refractivity contribution in [1.29, 1.82) is 0 Å². The van der Waals surface area contributed by atoms with Crippen molar-refractivity contribution in [3.05, 3.63) is 71.8 Å². The standard InChI is InChI=1S/C24H26N2O4S/c27-20-14-30-21-11-12-26(23(20)21)24(29)19(16-31-15-18-9-5-2-6-10-18)25-22(28)13-17-7-3-1-4-8-17/h1-10,19,21,23H,11-16H2,(H,25,28). The van der Waals surface area contributed by atoms with Crippen molar-refractivity contribution in [2.75, 3.05) is 18.9 Å². The molecule has 1 N–H and O–H groups in total. The van der Waals surface area contributed by atoms with Gasteiger partial charge in [0.05, 0.1) is 12.5 Å². The third kappa shape index (κ3) is 5.35. The van der Waals surface area contributed by atoms with E-state index in [0.29, 0.717) is 18.7 Å². The van der Waals surface area contributed by atoms with Crippen LogP contribution in [0.25, 0.3) is 0 Å². The number of hydrogen-bond donors (Lipinski definition) is 1. The van der Waals surface area contributed by atoms with Gasteiger partial charge in [-0.15, -0.1) is 0 Å². The van der Waals surface area contributed by atoms with Gasteiger partial charge in [0, 0.05) is 18.1 Å². The zero-order valence-corrected chi connectivity index (χ0v) is 18.1. The molecule has 2 saturated heterocycles. The van der Waals surface area contributed by atoms with Gasteiger partial charge in [-0.05, 0) is 17.5 Å². The normalized spacial score (nSPS) is 21.0. The summed E-state index contributed by atoms with van der Waals surface area (Å²) in [6.45, 7) is 0.543. The van der Waals surface area contributed by atoms with E-state index < -0.39 is 12.1 Å². The molecule has 2 aromatic rings. The molecule has 7 heteroatoms. The first-order chi connectivity index (χ1) is 15.1. The van der Waals surface area contributed by atoms with Gasteiger partial charge in [-0.2, -0.15) is 11.8 Å². The van der Waals surface area contributed by atoms with E-state index in [0.717, 1.165) is 16.9 Å². The first-order valence-electron chi connectivity index (χ1n) is 10.5. The summed E-state index contributed by atoms with van der Waals surface area (Å²) in [5.74, 6) is 0.731. The van der Waals surface area contributed by atoms with Gasteiger partial charge in [0.25, 0.3) is 0 Å². The Morgan fingerprint density at radius 3 is 2.45 bits per heavy atom.